The van der Waals surface area contributed by atoms with Gasteiger partial charge in [-0.3, -0.25) is 9.69 Å². The maximum Gasteiger partial charge on any atom is 0.236 e. The largest absolute Gasteiger partial charge is 0.387 e. The number of piperidine rings is 1. The normalized spacial score (nSPS) is 30.2. The van der Waals surface area contributed by atoms with Crippen LogP contribution in [0.15, 0.2) is 0 Å². The van der Waals surface area contributed by atoms with Gasteiger partial charge in [0.05, 0.1) is 18.8 Å². The smallest absolute Gasteiger partial charge is 0.236 e. The number of ether oxygens (including phenoxy) is 1. The van der Waals surface area contributed by atoms with Gasteiger partial charge in [0, 0.05) is 38.7 Å². The lowest BCUT2D eigenvalue weighted by Gasteiger charge is -2.50. The summed E-state index contributed by atoms with van der Waals surface area (Å²) >= 11 is 0. The molecular weight excluding hydrogens is 294 g/mol. The van der Waals surface area contributed by atoms with Gasteiger partial charge in [0.25, 0.3) is 0 Å². The van der Waals surface area contributed by atoms with Crippen LogP contribution in [0.4, 0.5) is 0 Å². The van der Waals surface area contributed by atoms with Gasteiger partial charge in [-0.15, -0.1) is 0 Å². The lowest BCUT2D eigenvalue weighted by molar-refractivity contribution is -0.164. The van der Waals surface area contributed by atoms with Crippen molar-refractivity contribution >= 4 is 5.91 Å². The summed E-state index contributed by atoms with van der Waals surface area (Å²) in [4.78, 5) is 19.2. The van der Waals surface area contributed by atoms with Crippen molar-refractivity contribution in [2.24, 2.45) is 5.41 Å². The number of carbonyl (C=O) groups excluding carboxylic acids is 1. The van der Waals surface area contributed by atoms with Crippen LogP contribution < -0.4 is 0 Å². The summed E-state index contributed by atoms with van der Waals surface area (Å²) in [7, 11) is 3.75. The van der Waals surface area contributed by atoms with Crippen LogP contribution in [0, 0.1) is 5.41 Å². The summed E-state index contributed by atoms with van der Waals surface area (Å²) < 4.78 is 5.19. The van der Waals surface area contributed by atoms with Crippen LogP contribution in [0.1, 0.15) is 26.7 Å². The molecule has 0 aromatic heterocycles. The van der Waals surface area contributed by atoms with E-state index in [1.165, 1.54) is 0 Å². The number of amides is 1. The van der Waals surface area contributed by atoms with Crippen molar-refractivity contribution in [1.29, 1.82) is 0 Å². The zero-order valence-electron chi connectivity index (χ0n) is 15.2. The molecule has 2 aliphatic rings. The number of likely N-dealkylation sites (tertiary alicyclic amines) is 1. The summed E-state index contributed by atoms with van der Waals surface area (Å²) in [6, 6.07) is 0. The first-order valence-corrected chi connectivity index (χ1v) is 8.67. The van der Waals surface area contributed by atoms with Gasteiger partial charge in [-0.2, -0.15) is 0 Å². The van der Waals surface area contributed by atoms with Gasteiger partial charge in [-0.25, -0.2) is 0 Å². The molecule has 1 amide bonds. The predicted octanol–water partition coefficient (Wildman–Crippen LogP) is 0.260. The molecule has 23 heavy (non-hydrogen) atoms. The number of hydrogen-bond acceptors (Lipinski definition) is 5. The summed E-state index contributed by atoms with van der Waals surface area (Å²) in [5, 5.41) is 10.8. The minimum atomic E-state index is -0.857. The first-order valence-electron chi connectivity index (χ1n) is 8.67. The number of rotatable bonds is 4. The molecule has 1 unspecified atom stereocenters. The molecule has 2 fully saturated rings. The van der Waals surface area contributed by atoms with Crippen LogP contribution in [-0.4, -0.2) is 97.9 Å². The molecule has 2 rings (SSSR count). The molecule has 2 aliphatic heterocycles. The van der Waals surface area contributed by atoms with Crippen molar-refractivity contribution in [3.05, 3.63) is 0 Å². The van der Waals surface area contributed by atoms with E-state index in [0.29, 0.717) is 32.7 Å². The number of nitrogens with zero attached hydrogens (tertiary/aromatic N) is 3. The molecule has 0 radical (unpaired) electrons. The zero-order valence-corrected chi connectivity index (χ0v) is 15.2. The number of likely N-dealkylation sites (N-methyl/N-ethyl adjacent to an activating group) is 1. The van der Waals surface area contributed by atoms with Crippen molar-refractivity contribution in [3.63, 3.8) is 0 Å². The molecule has 6 heteroatoms. The highest BCUT2D eigenvalue weighted by atomic mass is 16.5. The Morgan fingerprint density at radius 3 is 2.57 bits per heavy atom. The van der Waals surface area contributed by atoms with Gasteiger partial charge >= 0.3 is 0 Å². The summed E-state index contributed by atoms with van der Waals surface area (Å²) in [6.45, 7) is 10.1. The van der Waals surface area contributed by atoms with Crippen molar-refractivity contribution < 1.29 is 14.6 Å². The van der Waals surface area contributed by atoms with Gasteiger partial charge in [-0.05, 0) is 33.0 Å². The number of hydrogen-bond donors (Lipinski definition) is 1. The van der Waals surface area contributed by atoms with Gasteiger partial charge in [0.15, 0.2) is 0 Å². The highest BCUT2D eigenvalue weighted by molar-refractivity contribution is 5.78. The fourth-order valence-electron chi connectivity index (χ4n) is 3.63. The number of aliphatic hydroxyl groups is 1. The van der Waals surface area contributed by atoms with Crippen LogP contribution in [0.25, 0.3) is 0 Å². The Labute approximate surface area is 140 Å². The highest BCUT2D eigenvalue weighted by Gasteiger charge is 2.48. The van der Waals surface area contributed by atoms with E-state index < -0.39 is 5.60 Å². The van der Waals surface area contributed by atoms with Crippen molar-refractivity contribution in [2.75, 3.05) is 66.6 Å². The van der Waals surface area contributed by atoms with Crippen LogP contribution >= 0.6 is 0 Å². The molecule has 1 atom stereocenters. The number of methoxy groups -OCH3 is 1. The second-order valence-corrected chi connectivity index (χ2v) is 7.85. The fourth-order valence-corrected chi connectivity index (χ4v) is 3.63. The van der Waals surface area contributed by atoms with Gasteiger partial charge in [-0.1, -0.05) is 13.8 Å². The quantitative estimate of drug-likeness (QED) is 0.803. The second-order valence-electron chi connectivity index (χ2n) is 7.85. The van der Waals surface area contributed by atoms with E-state index in [1.54, 1.807) is 7.11 Å². The maximum atomic E-state index is 12.7. The molecule has 2 saturated heterocycles. The standard InChI is InChI=1S/C17H33N3O3/c1-16(2)13-20(9-6-17(16,22)14-23-4)15(21)12-19-8-5-7-18(3)10-11-19/h22H,5-14H2,1-4H3. The molecular formula is C17H33N3O3. The van der Waals surface area contributed by atoms with E-state index in [2.05, 4.69) is 16.8 Å². The SMILES string of the molecule is COCC1(O)CCN(C(=O)CN2CCCN(C)CC2)CC1(C)C. The second kappa shape index (κ2) is 7.47. The van der Waals surface area contributed by atoms with Crippen molar-refractivity contribution in [1.82, 2.24) is 14.7 Å². The molecule has 2 heterocycles. The van der Waals surface area contributed by atoms with Crippen LogP contribution in [0.5, 0.6) is 0 Å². The van der Waals surface area contributed by atoms with Crippen LogP contribution in [0.2, 0.25) is 0 Å². The molecule has 0 saturated carbocycles. The maximum absolute atomic E-state index is 12.7. The summed E-state index contributed by atoms with van der Waals surface area (Å²) in [6.07, 6.45) is 1.69. The molecule has 1 N–H and O–H groups in total. The molecule has 0 bridgehead atoms. The molecule has 0 aromatic carbocycles. The molecule has 6 nitrogen and oxygen atoms in total. The van der Waals surface area contributed by atoms with E-state index in [9.17, 15) is 9.90 Å². The number of carbonyl (C=O) groups is 1. The fraction of sp³-hybridized carbons (Fsp3) is 0.941. The minimum Gasteiger partial charge on any atom is -0.387 e. The summed E-state index contributed by atoms with van der Waals surface area (Å²) in [5.74, 6) is 0.182. The first kappa shape index (κ1) is 18.6. The average Bonchev–Trinajstić information content (AvgIpc) is 2.67. The average molecular weight is 327 g/mol. The van der Waals surface area contributed by atoms with E-state index >= 15 is 0 Å². The summed E-state index contributed by atoms with van der Waals surface area (Å²) in [5.41, 5.74) is -1.22. The van der Waals surface area contributed by atoms with Crippen LogP contribution in [0.3, 0.4) is 0 Å². The molecule has 0 aliphatic carbocycles. The van der Waals surface area contributed by atoms with Gasteiger partial charge in [0.1, 0.15) is 0 Å². The Hall–Kier alpha value is -0.690. The van der Waals surface area contributed by atoms with Gasteiger partial charge < -0.3 is 19.6 Å². The highest BCUT2D eigenvalue weighted by Crippen LogP contribution is 2.38. The molecule has 0 spiro atoms. The first-order chi connectivity index (χ1) is 10.8. The Morgan fingerprint density at radius 2 is 1.91 bits per heavy atom. The van der Waals surface area contributed by atoms with E-state index in [0.717, 1.165) is 32.6 Å². The van der Waals surface area contributed by atoms with Crippen molar-refractivity contribution in [3.8, 4) is 0 Å². The lowest BCUT2D eigenvalue weighted by Crippen LogP contribution is -2.61. The zero-order chi connectivity index (χ0) is 17.1. The minimum absolute atomic E-state index is 0.182. The monoisotopic (exact) mass is 327 g/mol. The molecule has 134 valence electrons. The Bertz CT molecular complexity index is 416. The third kappa shape index (κ3) is 4.44. The predicted molar refractivity (Wildman–Crippen MR) is 90.4 cm³/mol. The van der Waals surface area contributed by atoms with E-state index in [4.69, 9.17) is 4.74 Å². The molecule has 0 aromatic rings. The third-order valence-electron chi connectivity index (χ3n) is 5.55. The lowest BCUT2D eigenvalue weighted by atomic mass is 9.70. The van der Waals surface area contributed by atoms with Crippen LogP contribution in [-0.2, 0) is 9.53 Å². The topological polar surface area (TPSA) is 56.3 Å². The Balaban J connectivity index is 1.91. The van der Waals surface area contributed by atoms with E-state index in [-0.39, 0.29) is 11.3 Å². The third-order valence-corrected chi connectivity index (χ3v) is 5.55. The van der Waals surface area contributed by atoms with E-state index in [1.807, 2.05) is 18.7 Å². The van der Waals surface area contributed by atoms with Gasteiger partial charge in [0.2, 0.25) is 5.91 Å². The Kier molecular flexibility index (Phi) is 6.05. The Morgan fingerprint density at radius 1 is 1.17 bits per heavy atom. The van der Waals surface area contributed by atoms with Crippen molar-refractivity contribution in [2.45, 2.75) is 32.3 Å².